The van der Waals surface area contributed by atoms with Gasteiger partial charge in [-0.05, 0) is 19.2 Å². The summed E-state index contributed by atoms with van der Waals surface area (Å²) in [6.45, 7) is 3.44. The average molecular weight is 336 g/mol. The van der Waals surface area contributed by atoms with Crippen molar-refractivity contribution in [1.29, 1.82) is 0 Å². The Morgan fingerprint density at radius 2 is 2.38 bits per heavy atom. The minimum atomic E-state index is -0.358. The molecule has 2 heterocycles. The van der Waals surface area contributed by atoms with Crippen LogP contribution in [0.4, 0.5) is 4.39 Å². The van der Waals surface area contributed by atoms with E-state index >= 15 is 0 Å². The van der Waals surface area contributed by atoms with Crippen LogP contribution in [0.2, 0.25) is 0 Å². The Bertz CT molecular complexity index is 720. The van der Waals surface area contributed by atoms with Gasteiger partial charge in [-0.15, -0.1) is 0 Å². The number of nitrogens with two attached hydrogens (primary N) is 1. The molecule has 8 heteroatoms. The van der Waals surface area contributed by atoms with Crippen LogP contribution in [0, 0.1) is 5.82 Å². The zero-order valence-electron chi connectivity index (χ0n) is 13.6. The number of carbonyl (C=O) groups excluding carboxylic acids is 1. The largest absolute Gasteiger partial charge is 0.439 e. The number of amides is 1. The van der Waals surface area contributed by atoms with Crippen molar-refractivity contribution in [3.05, 3.63) is 29.9 Å². The van der Waals surface area contributed by atoms with Gasteiger partial charge >= 0.3 is 0 Å². The summed E-state index contributed by atoms with van der Waals surface area (Å²) in [6.07, 6.45) is -0.00933. The SMILES string of the molecule is CN(CC(N)=O)CC1CN(Cc2nc3ccc(F)cc3o2)CCO1. The Labute approximate surface area is 139 Å². The fourth-order valence-corrected chi connectivity index (χ4v) is 2.92. The predicted molar refractivity (Wildman–Crippen MR) is 85.7 cm³/mol. The van der Waals surface area contributed by atoms with Crippen molar-refractivity contribution in [3.63, 3.8) is 0 Å². The molecule has 1 saturated heterocycles. The quantitative estimate of drug-likeness (QED) is 0.831. The zero-order chi connectivity index (χ0) is 17.1. The predicted octanol–water partition coefficient (Wildman–Crippen LogP) is 0.585. The minimum absolute atomic E-state index is 0.00933. The van der Waals surface area contributed by atoms with E-state index < -0.39 is 0 Å². The second-order valence-corrected chi connectivity index (χ2v) is 6.11. The molecule has 1 fully saturated rings. The molecular weight excluding hydrogens is 315 g/mol. The summed E-state index contributed by atoms with van der Waals surface area (Å²) in [5.74, 6) is -0.139. The summed E-state index contributed by atoms with van der Waals surface area (Å²) in [5.41, 5.74) is 6.30. The van der Waals surface area contributed by atoms with Crippen LogP contribution in [-0.4, -0.2) is 66.6 Å². The summed E-state index contributed by atoms with van der Waals surface area (Å²) in [6, 6.07) is 4.32. The number of oxazole rings is 1. The highest BCUT2D eigenvalue weighted by Gasteiger charge is 2.23. The molecule has 1 atom stereocenters. The van der Waals surface area contributed by atoms with Gasteiger partial charge < -0.3 is 14.9 Å². The lowest BCUT2D eigenvalue weighted by Gasteiger charge is -2.33. The number of ether oxygens (including phenoxy) is 1. The Balaban J connectivity index is 1.59. The number of hydrogen-bond acceptors (Lipinski definition) is 6. The molecule has 1 aromatic carbocycles. The molecule has 2 N–H and O–H groups in total. The van der Waals surface area contributed by atoms with Crippen LogP contribution in [-0.2, 0) is 16.1 Å². The smallest absolute Gasteiger partial charge is 0.231 e. The van der Waals surface area contributed by atoms with Crippen LogP contribution < -0.4 is 5.73 Å². The first-order valence-corrected chi connectivity index (χ1v) is 7.85. The third-order valence-electron chi connectivity index (χ3n) is 3.92. The maximum atomic E-state index is 13.2. The van der Waals surface area contributed by atoms with Crippen molar-refractivity contribution in [1.82, 2.24) is 14.8 Å². The van der Waals surface area contributed by atoms with E-state index in [0.29, 0.717) is 43.2 Å². The third-order valence-corrected chi connectivity index (χ3v) is 3.92. The van der Waals surface area contributed by atoms with Gasteiger partial charge in [0.1, 0.15) is 11.3 Å². The summed E-state index contributed by atoms with van der Waals surface area (Å²) in [4.78, 5) is 19.4. The Morgan fingerprint density at radius 3 is 3.17 bits per heavy atom. The number of aromatic nitrogens is 1. The number of benzene rings is 1. The number of rotatable bonds is 6. The first-order chi connectivity index (χ1) is 11.5. The van der Waals surface area contributed by atoms with E-state index in [-0.39, 0.29) is 24.4 Å². The number of likely N-dealkylation sites (N-methyl/N-ethyl adjacent to an activating group) is 1. The van der Waals surface area contributed by atoms with Crippen molar-refractivity contribution in [2.24, 2.45) is 5.73 Å². The summed E-state index contributed by atoms with van der Waals surface area (Å²) in [7, 11) is 1.84. The van der Waals surface area contributed by atoms with Crippen LogP contribution in [0.3, 0.4) is 0 Å². The fourth-order valence-electron chi connectivity index (χ4n) is 2.92. The molecule has 1 aliphatic heterocycles. The number of primary amides is 1. The molecule has 7 nitrogen and oxygen atoms in total. The molecule has 1 aliphatic rings. The van der Waals surface area contributed by atoms with Crippen LogP contribution >= 0.6 is 0 Å². The maximum Gasteiger partial charge on any atom is 0.231 e. The van der Waals surface area contributed by atoms with E-state index in [0.717, 1.165) is 6.54 Å². The topological polar surface area (TPSA) is 84.8 Å². The third kappa shape index (κ3) is 4.28. The van der Waals surface area contributed by atoms with Gasteiger partial charge in [0.2, 0.25) is 11.8 Å². The van der Waals surface area contributed by atoms with Crippen molar-refractivity contribution in [3.8, 4) is 0 Å². The lowest BCUT2D eigenvalue weighted by Crippen LogP contribution is -2.47. The normalized spacial score (nSPS) is 19.2. The minimum Gasteiger partial charge on any atom is -0.439 e. The molecule has 0 aliphatic carbocycles. The number of halogens is 1. The van der Waals surface area contributed by atoms with Crippen LogP contribution in [0.5, 0.6) is 0 Å². The highest BCUT2D eigenvalue weighted by Crippen LogP contribution is 2.18. The lowest BCUT2D eigenvalue weighted by molar-refractivity contribution is -0.119. The number of fused-ring (bicyclic) bond motifs is 1. The van der Waals surface area contributed by atoms with Gasteiger partial charge in [-0.2, -0.15) is 0 Å². The van der Waals surface area contributed by atoms with Gasteiger partial charge in [-0.25, -0.2) is 9.37 Å². The van der Waals surface area contributed by atoms with Gasteiger partial charge in [0.05, 0.1) is 25.8 Å². The summed E-state index contributed by atoms with van der Waals surface area (Å²) >= 11 is 0. The number of nitrogens with zero attached hydrogens (tertiary/aromatic N) is 3. The molecule has 130 valence electrons. The molecule has 0 bridgehead atoms. The van der Waals surface area contributed by atoms with Gasteiger partial charge in [0.15, 0.2) is 5.58 Å². The molecule has 0 saturated carbocycles. The highest BCUT2D eigenvalue weighted by atomic mass is 19.1. The number of hydrogen-bond donors (Lipinski definition) is 1. The Hall–Kier alpha value is -2.03. The van der Waals surface area contributed by atoms with E-state index in [1.165, 1.54) is 12.1 Å². The van der Waals surface area contributed by atoms with Gasteiger partial charge in [-0.3, -0.25) is 14.6 Å². The van der Waals surface area contributed by atoms with Crippen molar-refractivity contribution >= 4 is 17.0 Å². The van der Waals surface area contributed by atoms with E-state index in [2.05, 4.69) is 9.88 Å². The Kier molecular flexibility index (Phi) is 5.08. The Morgan fingerprint density at radius 1 is 1.54 bits per heavy atom. The van der Waals surface area contributed by atoms with Gasteiger partial charge in [0, 0.05) is 25.7 Å². The molecule has 2 aromatic rings. The van der Waals surface area contributed by atoms with E-state index in [1.54, 1.807) is 6.07 Å². The molecule has 24 heavy (non-hydrogen) atoms. The van der Waals surface area contributed by atoms with Crippen LogP contribution in [0.25, 0.3) is 11.1 Å². The van der Waals surface area contributed by atoms with Crippen LogP contribution in [0.15, 0.2) is 22.6 Å². The van der Waals surface area contributed by atoms with Crippen molar-refractivity contribution in [2.75, 3.05) is 39.8 Å². The van der Waals surface area contributed by atoms with E-state index in [9.17, 15) is 9.18 Å². The average Bonchev–Trinajstić information content (AvgIpc) is 2.87. The lowest BCUT2D eigenvalue weighted by atomic mass is 10.2. The van der Waals surface area contributed by atoms with Crippen molar-refractivity contribution < 1.29 is 18.3 Å². The fraction of sp³-hybridized carbons (Fsp3) is 0.500. The molecule has 1 amide bonds. The summed E-state index contributed by atoms with van der Waals surface area (Å²) < 4.78 is 24.6. The zero-order valence-corrected chi connectivity index (χ0v) is 13.6. The molecule has 0 radical (unpaired) electrons. The second-order valence-electron chi connectivity index (χ2n) is 6.11. The van der Waals surface area contributed by atoms with E-state index in [1.807, 2.05) is 11.9 Å². The molecule has 3 rings (SSSR count). The first-order valence-electron chi connectivity index (χ1n) is 7.85. The van der Waals surface area contributed by atoms with E-state index in [4.69, 9.17) is 14.9 Å². The molecular formula is C16H21FN4O3. The van der Waals surface area contributed by atoms with Crippen molar-refractivity contribution in [2.45, 2.75) is 12.6 Å². The standard InChI is InChI=1S/C16H21FN4O3/c1-20(9-15(18)22)7-12-8-21(4-5-23-12)10-16-19-13-3-2-11(17)6-14(13)24-16/h2-3,6,12H,4-5,7-10H2,1H3,(H2,18,22). The highest BCUT2D eigenvalue weighted by molar-refractivity contribution is 5.75. The monoisotopic (exact) mass is 336 g/mol. The number of morpholine rings is 1. The molecule has 0 spiro atoms. The van der Waals surface area contributed by atoms with Gasteiger partial charge in [-0.1, -0.05) is 0 Å². The summed E-state index contributed by atoms with van der Waals surface area (Å²) in [5, 5.41) is 0. The molecule has 1 unspecified atom stereocenters. The maximum absolute atomic E-state index is 13.2. The van der Waals surface area contributed by atoms with Gasteiger partial charge in [0.25, 0.3) is 0 Å². The second kappa shape index (κ2) is 7.25. The van der Waals surface area contributed by atoms with Crippen LogP contribution in [0.1, 0.15) is 5.89 Å². The number of carbonyl (C=O) groups is 1. The first kappa shape index (κ1) is 16.8. The molecule has 1 aromatic heterocycles.